The normalized spacial score (nSPS) is 11.1. The fourth-order valence-corrected chi connectivity index (χ4v) is 2.85. The van der Waals surface area contributed by atoms with Crippen molar-refractivity contribution in [3.8, 4) is 5.75 Å². The largest absolute Gasteiger partial charge is 0.487 e. The van der Waals surface area contributed by atoms with Gasteiger partial charge in [0.15, 0.2) is 0 Å². The van der Waals surface area contributed by atoms with Crippen molar-refractivity contribution in [2.45, 2.75) is 45.2 Å². The monoisotopic (exact) mass is 326 g/mol. The van der Waals surface area contributed by atoms with Crippen LogP contribution in [0.4, 0.5) is 0 Å². The van der Waals surface area contributed by atoms with Gasteiger partial charge in [-0.2, -0.15) is 5.10 Å². The molecule has 0 aliphatic rings. The van der Waals surface area contributed by atoms with E-state index in [0.717, 1.165) is 29.8 Å². The van der Waals surface area contributed by atoms with E-state index in [1.807, 2.05) is 35.1 Å². The molecule has 0 bridgehead atoms. The first kappa shape index (κ1) is 16.2. The first-order valence-corrected chi connectivity index (χ1v) is 8.11. The molecule has 1 aromatic heterocycles. The maximum absolute atomic E-state index is 6.11. The van der Waals surface area contributed by atoms with Crippen LogP contribution >= 0.6 is 23.2 Å². The van der Waals surface area contributed by atoms with Crippen LogP contribution in [-0.2, 0) is 12.5 Å². The van der Waals surface area contributed by atoms with E-state index in [-0.39, 0.29) is 0 Å². The Morgan fingerprint density at radius 2 is 2.00 bits per heavy atom. The predicted octanol–water partition coefficient (Wildman–Crippen LogP) is 5.22. The van der Waals surface area contributed by atoms with Crippen LogP contribution in [0.25, 0.3) is 0 Å². The van der Waals surface area contributed by atoms with Gasteiger partial charge in [0, 0.05) is 16.8 Å². The Labute approximate surface area is 135 Å². The smallest absolute Gasteiger partial charge is 0.132 e. The Morgan fingerprint density at radius 3 is 2.67 bits per heavy atom. The lowest BCUT2D eigenvalue weighted by Gasteiger charge is -2.13. The third-order valence-electron chi connectivity index (χ3n) is 3.57. The zero-order chi connectivity index (χ0) is 15.2. The van der Waals surface area contributed by atoms with Gasteiger partial charge in [0.05, 0.1) is 17.6 Å². The number of nitrogens with zero attached hydrogens (tertiary/aromatic N) is 2. The van der Waals surface area contributed by atoms with Crippen molar-refractivity contribution >= 4 is 23.2 Å². The summed E-state index contributed by atoms with van der Waals surface area (Å²) in [7, 11) is 0. The van der Waals surface area contributed by atoms with Crippen molar-refractivity contribution in [1.82, 2.24) is 9.78 Å². The molecule has 0 fully saturated rings. The molecule has 21 heavy (non-hydrogen) atoms. The Kier molecular flexibility index (Phi) is 5.95. The molecule has 2 rings (SSSR count). The molecule has 0 atom stereocenters. The molecule has 0 N–H and O–H groups in total. The molecule has 114 valence electrons. The van der Waals surface area contributed by atoms with Crippen molar-refractivity contribution < 1.29 is 4.74 Å². The van der Waals surface area contributed by atoms with Crippen LogP contribution in [0.15, 0.2) is 30.5 Å². The Balaban J connectivity index is 2.05. The first-order valence-electron chi connectivity index (χ1n) is 7.19. The summed E-state index contributed by atoms with van der Waals surface area (Å²) in [4.78, 5) is 0. The number of ether oxygens (including phenoxy) is 1. The molecule has 0 spiro atoms. The van der Waals surface area contributed by atoms with Crippen LogP contribution in [0.3, 0.4) is 0 Å². The number of rotatable bonds is 7. The summed E-state index contributed by atoms with van der Waals surface area (Å²) in [6.45, 7) is 4.76. The average Bonchev–Trinajstić information content (AvgIpc) is 2.95. The van der Waals surface area contributed by atoms with Gasteiger partial charge in [0.2, 0.25) is 0 Å². The van der Waals surface area contributed by atoms with E-state index < -0.39 is 0 Å². The molecule has 0 amide bonds. The van der Waals surface area contributed by atoms with Gasteiger partial charge in [0.1, 0.15) is 12.4 Å². The summed E-state index contributed by atoms with van der Waals surface area (Å²) in [5, 5.41) is 5.20. The maximum atomic E-state index is 6.11. The zero-order valence-corrected chi connectivity index (χ0v) is 13.9. The summed E-state index contributed by atoms with van der Waals surface area (Å²) in [6.07, 6.45) is 4.16. The van der Waals surface area contributed by atoms with E-state index in [2.05, 4.69) is 18.9 Å². The highest BCUT2D eigenvalue weighted by molar-refractivity contribution is 6.32. The SMILES string of the molecule is CCC(CC)n1ccc(COc2cccc(Cl)c2CCl)n1. The lowest BCUT2D eigenvalue weighted by Crippen LogP contribution is -2.08. The molecule has 2 aromatic rings. The number of hydrogen-bond donors (Lipinski definition) is 0. The van der Waals surface area contributed by atoms with Crippen LogP contribution in [-0.4, -0.2) is 9.78 Å². The van der Waals surface area contributed by atoms with Crippen molar-refractivity contribution in [1.29, 1.82) is 0 Å². The van der Waals surface area contributed by atoms with E-state index in [1.54, 1.807) is 0 Å². The van der Waals surface area contributed by atoms with Gasteiger partial charge in [-0.05, 0) is 31.0 Å². The topological polar surface area (TPSA) is 27.1 Å². The second-order valence-electron chi connectivity index (χ2n) is 4.90. The Hall–Kier alpha value is -1.19. The second kappa shape index (κ2) is 7.71. The van der Waals surface area contributed by atoms with Crippen LogP contribution in [0.2, 0.25) is 5.02 Å². The van der Waals surface area contributed by atoms with E-state index >= 15 is 0 Å². The zero-order valence-electron chi connectivity index (χ0n) is 12.4. The molecular weight excluding hydrogens is 307 g/mol. The Morgan fingerprint density at radius 1 is 1.24 bits per heavy atom. The summed E-state index contributed by atoms with van der Waals surface area (Å²) in [6, 6.07) is 7.98. The maximum Gasteiger partial charge on any atom is 0.132 e. The molecule has 0 saturated heterocycles. The quantitative estimate of drug-likeness (QED) is 0.652. The van der Waals surface area contributed by atoms with Gasteiger partial charge < -0.3 is 4.74 Å². The van der Waals surface area contributed by atoms with Gasteiger partial charge in [-0.1, -0.05) is 31.5 Å². The predicted molar refractivity (Wildman–Crippen MR) is 87.2 cm³/mol. The van der Waals surface area contributed by atoms with Gasteiger partial charge in [-0.3, -0.25) is 4.68 Å². The Bertz CT molecular complexity index is 579. The van der Waals surface area contributed by atoms with Crippen molar-refractivity contribution in [3.05, 3.63) is 46.7 Å². The lowest BCUT2D eigenvalue weighted by atomic mass is 10.2. The molecule has 0 saturated carbocycles. The van der Waals surface area contributed by atoms with Gasteiger partial charge in [-0.15, -0.1) is 11.6 Å². The third-order valence-corrected chi connectivity index (χ3v) is 4.19. The molecule has 3 nitrogen and oxygen atoms in total. The highest BCUT2D eigenvalue weighted by Gasteiger charge is 2.10. The number of alkyl halides is 1. The van der Waals surface area contributed by atoms with E-state index in [4.69, 9.17) is 27.9 Å². The van der Waals surface area contributed by atoms with Crippen LogP contribution in [0, 0.1) is 0 Å². The fourth-order valence-electron chi connectivity index (χ4n) is 2.28. The lowest BCUT2D eigenvalue weighted by molar-refractivity contribution is 0.295. The molecule has 1 heterocycles. The van der Waals surface area contributed by atoms with Crippen molar-refractivity contribution in [2.75, 3.05) is 0 Å². The molecule has 0 aliphatic carbocycles. The number of aromatic nitrogens is 2. The van der Waals surface area contributed by atoms with Crippen LogP contribution in [0.1, 0.15) is 44.0 Å². The standard InChI is InChI=1S/C16H20Cl2N2O/c1-3-13(4-2)20-9-8-12(19-20)11-21-16-7-5-6-15(18)14(16)10-17/h5-9,13H,3-4,10-11H2,1-2H3. The number of halogens is 2. The minimum absolute atomic E-state index is 0.331. The molecule has 0 radical (unpaired) electrons. The summed E-state index contributed by atoms with van der Waals surface area (Å²) >= 11 is 12.0. The first-order chi connectivity index (χ1) is 10.2. The average molecular weight is 327 g/mol. The van der Waals surface area contributed by atoms with Gasteiger partial charge >= 0.3 is 0 Å². The molecule has 1 aromatic carbocycles. The van der Waals surface area contributed by atoms with E-state index in [9.17, 15) is 0 Å². The van der Waals surface area contributed by atoms with E-state index in [0.29, 0.717) is 23.6 Å². The van der Waals surface area contributed by atoms with Crippen molar-refractivity contribution in [2.24, 2.45) is 0 Å². The third kappa shape index (κ3) is 3.92. The van der Waals surface area contributed by atoms with Gasteiger partial charge in [0.25, 0.3) is 0 Å². The van der Waals surface area contributed by atoms with E-state index in [1.165, 1.54) is 0 Å². The van der Waals surface area contributed by atoms with Crippen LogP contribution in [0.5, 0.6) is 5.75 Å². The fraction of sp³-hybridized carbons (Fsp3) is 0.438. The number of benzene rings is 1. The molecule has 5 heteroatoms. The molecule has 0 unspecified atom stereocenters. The molecule has 0 aliphatic heterocycles. The summed E-state index contributed by atoms with van der Waals surface area (Å²) in [5.74, 6) is 1.05. The highest BCUT2D eigenvalue weighted by atomic mass is 35.5. The molecular formula is C16H20Cl2N2O. The minimum atomic E-state index is 0.331. The van der Waals surface area contributed by atoms with Crippen LogP contribution < -0.4 is 4.74 Å². The van der Waals surface area contributed by atoms with Gasteiger partial charge in [-0.25, -0.2) is 0 Å². The minimum Gasteiger partial charge on any atom is -0.487 e. The summed E-state index contributed by atoms with van der Waals surface area (Å²) < 4.78 is 7.82. The second-order valence-corrected chi connectivity index (χ2v) is 5.57. The van der Waals surface area contributed by atoms with Crippen molar-refractivity contribution in [3.63, 3.8) is 0 Å². The highest BCUT2D eigenvalue weighted by Crippen LogP contribution is 2.28. The summed E-state index contributed by atoms with van der Waals surface area (Å²) in [5.41, 5.74) is 1.72. The number of hydrogen-bond acceptors (Lipinski definition) is 2.